The van der Waals surface area contributed by atoms with Crippen molar-refractivity contribution >= 4 is 11.8 Å². The van der Waals surface area contributed by atoms with Crippen molar-refractivity contribution in [2.75, 3.05) is 0 Å². The lowest BCUT2D eigenvalue weighted by molar-refractivity contribution is -0.143. The van der Waals surface area contributed by atoms with E-state index >= 15 is 0 Å². The van der Waals surface area contributed by atoms with Crippen LogP contribution >= 0.6 is 0 Å². The van der Waals surface area contributed by atoms with Crippen molar-refractivity contribution in [3.05, 3.63) is 48.0 Å². The Morgan fingerprint density at radius 3 is 2.48 bits per heavy atom. The second kappa shape index (κ2) is 12.8. The standard InChI is InChI=1S/C26H38O5/c1-18(2)21(26(30)31)11-7-4-8-12-22-23(25(29)17-24(22)28)16-15-20(27)14-13-19-9-5-3-6-10-19/h3-6,8-10,18,20-24,27-28H,7,11-17H2,1-2H3,(H,30,31). The predicted molar refractivity (Wildman–Crippen MR) is 122 cm³/mol. The highest BCUT2D eigenvalue weighted by molar-refractivity contribution is 5.84. The minimum Gasteiger partial charge on any atom is -0.481 e. The van der Waals surface area contributed by atoms with Gasteiger partial charge in [0.05, 0.1) is 18.1 Å². The lowest BCUT2D eigenvalue weighted by atomic mass is 9.86. The molecule has 0 amide bonds. The Labute approximate surface area is 186 Å². The van der Waals surface area contributed by atoms with Gasteiger partial charge in [-0.1, -0.05) is 56.3 Å². The number of aliphatic carboxylic acids is 1. The molecule has 1 aliphatic rings. The maximum absolute atomic E-state index is 12.4. The van der Waals surface area contributed by atoms with Crippen molar-refractivity contribution in [2.45, 2.75) is 77.4 Å². The summed E-state index contributed by atoms with van der Waals surface area (Å²) in [6, 6.07) is 10.0. The fraction of sp³-hybridized carbons (Fsp3) is 0.615. The summed E-state index contributed by atoms with van der Waals surface area (Å²) in [6.45, 7) is 3.84. The molecule has 0 spiro atoms. The lowest BCUT2D eigenvalue weighted by Gasteiger charge is -2.21. The van der Waals surface area contributed by atoms with Crippen LogP contribution in [0, 0.1) is 23.7 Å². The molecule has 5 heteroatoms. The minimum absolute atomic E-state index is 0.0897. The lowest BCUT2D eigenvalue weighted by Crippen LogP contribution is -2.22. The van der Waals surface area contributed by atoms with Crippen LogP contribution in [0.1, 0.15) is 64.4 Å². The Bertz CT molecular complexity index is 712. The van der Waals surface area contributed by atoms with E-state index in [9.17, 15) is 24.9 Å². The number of carboxylic acids is 1. The first-order chi connectivity index (χ1) is 14.8. The molecule has 0 aliphatic heterocycles. The number of hydrogen-bond donors (Lipinski definition) is 3. The summed E-state index contributed by atoms with van der Waals surface area (Å²) in [5.41, 5.74) is 1.19. The number of rotatable bonds is 13. The first-order valence-corrected chi connectivity index (χ1v) is 11.6. The van der Waals surface area contributed by atoms with Crippen molar-refractivity contribution in [1.29, 1.82) is 0 Å². The highest BCUT2D eigenvalue weighted by Crippen LogP contribution is 2.36. The van der Waals surface area contributed by atoms with Crippen LogP contribution in [0.15, 0.2) is 42.5 Å². The number of carboxylic acid groups (broad SMARTS) is 1. The van der Waals surface area contributed by atoms with E-state index in [-0.39, 0.29) is 35.9 Å². The van der Waals surface area contributed by atoms with Crippen LogP contribution in [0.3, 0.4) is 0 Å². The summed E-state index contributed by atoms with van der Waals surface area (Å²) in [6.07, 6.45) is 7.56. The molecule has 3 N–H and O–H groups in total. The predicted octanol–water partition coefficient (Wildman–Crippen LogP) is 4.41. The largest absolute Gasteiger partial charge is 0.481 e. The van der Waals surface area contributed by atoms with E-state index in [4.69, 9.17) is 0 Å². The van der Waals surface area contributed by atoms with Gasteiger partial charge in [0.2, 0.25) is 0 Å². The molecule has 31 heavy (non-hydrogen) atoms. The van der Waals surface area contributed by atoms with Gasteiger partial charge in [-0.3, -0.25) is 9.59 Å². The fourth-order valence-corrected chi connectivity index (χ4v) is 4.60. The first kappa shape index (κ1) is 25.3. The van der Waals surface area contributed by atoms with Crippen molar-refractivity contribution in [1.82, 2.24) is 0 Å². The highest BCUT2D eigenvalue weighted by Gasteiger charge is 2.40. The number of ketones is 1. The van der Waals surface area contributed by atoms with Gasteiger partial charge in [-0.15, -0.1) is 0 Å². The van der Waals surface area contributed by atoms with Crippen LogP contribution in [0.25, 0.3) is 0 Å². The second-order valence-electron chi connectivity index (χ2n) is 9.24. The van der Waals surface area contributed by atoms with E-state index in [1.165, 1.54) is 5.56 Å². The van der Waals surface area contributed by atoms with Crippen molar-refractivity contribution in [3.8, 4) is 0 Å². The molecule has 0 saturated heterocycles. The molecule has 1 aromatic rings. The summed E-state index contributed by atoms with van der Waals surface area (Å²) >= 11 is 0. The van der Waals surface area contributed by atoms with Crippen LogP contribution < -0.4 is 0 Å². The number of allylic oxidation sites excluding steroid dienone is 2. The average molecular weight is 431 g/mol. The SMILES string of the molecule is CC(C)C(CCC=CCC1C(O)CC(=O)C1CCC(O)CCc1ccccc1)C(=O)O. The summed E-state index contributed by atoms with van der Waals surface area (Å²) in [5, 5.41) is 30.0. The molecule has 5 atom stereocenters. The van der Waals surface area contributed by atoms with Crippen LogP contribution in [-0.4, -0.2) is 39.3 Å². The topological polar surface area (TPSA) is 94.8 Å². The Kier molecular flexibility index (Phi) is 10.4. The Morgan fingerprint density at radius 2 is 1.84 bits per heavy atom. The number of benzene rings is 1. The molecule has 1 fully saturated rings. The van der Waals surface area contributed by atoms with Gasteiger partial charge in [-0.25, -0.2) is 0 Å². The normalized spacial score (nSPS) is 23.5. The molecular weight excluding hydrogens is 392 g/mol. The van der Waals surface area contributed by atoms with Crippen molar-refractivity contribution in [2.24, 2.45) is 23.7 Å². The van der Waals surface area contributed by atoms with Crippen molar-refractivity contribution in [3.63, 3.8) is 0 Å². The molecule has 1 aliphatic carbocycles. The molecule has 2 rings (SSSR count). The molecular formula is C26H38O5. The van der Waals surface area contributed by atoms with Crippen LogP contribution in [0.4, 0.5) is 0 Å². The van der Waals surface area contributed by atoms with Gasteiger partial charge in [0.15, 0.2) is 0 Å². The third-order valence-electron chi connectivity index (χ3n) is 6.60. The highest BCUT2D eigenvalue weighted by atomic mass is 16.4. The Balaban J connectivity index is 1.78. The number of aryl methyl sites for hydroxylation is 1. The Hall–Kier alpha value is -1.98. The van der Waals surface area contributed by atoms with E-state index in [0.717, 1.165) is 6.42 Å². The number of carbonyl (C=O) groups is 2. The maximum atomic E-state index is 12.4. The smallest absolute Gasteiger partial charge is 0.306 e. The van der Waals surface area contributed by atoms with E-state index < -0.39 is 18.2 Å². The molecule has 1 saturated carbocycles. The molecule has 172 valence electrons. The van der Waals surface area contributed by atoms with Gasteiger partial charge < -0.3 is 15.3 Å². The van der Waals surface area contributed by atoms with Gasteiger partial charge in [-0.05, 0) is 62.3 Å². The fourth-order valence-electron chi connectivity index (χ4n) is 4.60. The van der Waals surface area contributed by atoms with E-state index in [1.807, 2.05) is 56.3 Å². The zero-order chi connectivity index (χ0) is 22.8. The monoisotopic (exact) mass is 430 g/mol. The third kappa shape index (κ3) is 8.23. The molecule has 1 aromatic carbocycles. The zero-order valence-electron chi connectivity index (χ0n) is 18.8. The summed E-state index contributed by atoms with van der Waals surface area (Å²) < 4.78 is 0. The van der Waals surface area contributed by atoms with E-state index in [2.05, 4.69) is 0 Å². The summed E-state index contributed by atoms with van der Waals surface area (Å²) in [7, 11) is 0. The molecule has 0 radical (unpaired) electrons. The maximum Gasteiger partial charge on any atom is 0.306 e. The van der Waals surface area contributed by atoms with Gasteiger partial charge >= 0.3 is 5.97 Å². The number of aliphatic hydroxyl groups excluding tert-OH is 2. The first-order valence-electron chi connectivity index (χ1n) is 11.6. The van der Waals surface area contributed by atoms with E-state index in [0.29, 0.717) is 38.5 Å². The van der Waals surface area contributed by atoms with Crippen LogP contribution in [0.5, 0.6) is 0 Å². The van der Waals surface area contributed by atoms with Gasteiger partial charge in [0, 0.05) is 12.3 Å². The second-order valence-corrected chi connectivity index (χ2v) is 9.24. The number of hydrogen-bond acceptors (Lipinski definition) is 4. The number of Topliss-reactive ketones (excluding diaryl/α,β-unsaturated/α-hetero) is 1. The zero-order valence-corrected chi connectivity index (χ0v) is 18.8. The summed E-state index contributed by atoms with van der Waals surface area (Å²) in [5.74, 6) is -1.26. The minimum atomic E-state index is -0.758. The van der Waals surface area contributed by atoms with Gasteiger partial charge in [-0.2, -0.15) is 0 Å². The van der Waals surface area contributed by atoms with Crippen LogP contribution in [-0.2, 0) is 16.0 Å². The molecule has 5 nitrogen and oxygen atoms in total. The number of carbonyl (C=O) groups excluding carboxylic acids is 1. The quantitative estimate of drug-likeness (QED) is 0.403. The van der Waals surface area contributed by atoms with Crippen molar-refractivity contribution < 1.29 is 24.9 Å². The Morgan fingerprint density at radius 1 is 1.13 bits per heavy atom. The summed E-state index contributed by atoms with van der Waals surface area (Å²) in [4.78, 5) is 23.7. The molecule has 0 bridgehead atoms. The molecule has 5 unspecified atom stereocenters. The molecule has 0 heterocycles. The third-order valence-corrected chi connectivity index (χ3v) is 6.60. The van der Waals surface area contributed by atoms with Crippen LogP contribution in [0.2, 0.25) is 0 Å². The average Bonchev–Trinajstić information content (AvgIpc) is 2.99. The molecule has 0 aromatic heterocycles. The number of aliphatic hydroxyl groups is 2. The van der Waals surface area contributed by atoms with Gasteiger partial charge in [0.25, 0.3) is 0 Å². The van der Waals surface area contributed by atoms with Gasteiger partial charge in [0.1, 0.15) is 5.78 Å². The van der Waals surface area contributed by atoms with E-state index in [1.54, 1.807) is 0 Å².